The summed E-state index contributed by atoms with van der Waals surface area (Å²) in [5, 5.41) is 7.32. The predicted molar refractivity (Wildman–Crippen MR) is 218 cm³/mol. The van der Waals surface area contributed by atoms with Crippen molar-refractivity contribution in [2.75, 3.05) is 9.80 Å². The van der Waals surface area contributed by atoms with Crippen LogP contribution in [0.5, 0.6) is 0 Å². The largest absolute Gasteiger partial charge is 0.310 e. The first-order valence-corrected chi connectivity index (χ1v) is 17.5. The quantitative estimate of drug-likeness (QED) is 0.169. The second-order valence-corrected chi connectivity index (χ2v) is 13.2. The number of hydrogen-bond donors (Lipinski definition) is 0. The lowest BCUT2D eigenvalue weighted by atomic mass is 10.0. The minimum atomic E-state index is 1.09. The van der Waals surface area contributed by atoms with Crippen LogP contribution >= 0.6 is 0 Å². The zero-order valence-corrected chi connectivity index (χ0v) is 28.4. The van der Waals surface area contributed by atoms with E-state index in [0.29, 0.717) is 0 Å². The van der Waals surface area contributed by atoms with Gasteiger partial charge in [-0.25, -0.2) is 0 Å². The summed E-state index contributed by atoms with van der Waals surface area (Å²) in [5.74, 6) is 0. The summed E-state index contributed by atoms with van der Waals surface area (Å²) in [6.45, 7) is 2.13. The topological polar surface area (TPSA) is 6.48 Å². The lowest BCUT2D eigenvalue weighted by molar-refractivity contribution is 1.27. The molecule has 0 atom stereocenters. The first-order valence-electron chi connectivity index (χ1n) is 17.5. The molecule has 0 radical (unpaired) electrons. The number of nitrogens with zero attached hydrogens (tertiary/aromatic N) is 2. The summed E-state index contributed by atoms with van der Waals surface area (Å²) in [4.78, 5) is 4.74. The van der Waals surface area contributed by atoms with Crippen LogP contribution in [0.1, 0.15) is 5.56 Å². The van der Waals surface area contributed by atoms with Crippen molar-refractivity contribution >= 4 is 66.4 Å². The maximum atomic E-state index is 2.38. The van der Waals surface area contributed by atoms with Crippen molar-refractivity contribution in [1.82, 2.24) is 0 Å². The van der Waals surface area contributed by atoms with Crippen LogP contribution in [0.3, 0.4) is 0 Å². The molecule has 0 aromatic heterocycles. The fraction of sp³-hybridized carbons (Fsp3) is 0.0204. The highest BCUT2D eigenvalue weighted by atomic mass is 15.2. The van der Waals surface area contributed by atoms with Crippen molar-refractivity contribution in [3.63, 3.8) is 0 Å². The Balaban J connectivity index is 1.17. The molecule has 0 bridgehead atoms. The van der Waals surface area contributed by atoms with Gasteiger partial charge in [-0.15, -0.1) is 0 Å². The molecule has 0 fully saturated rings. The first-order chi connectivity index (χ1) is 25.2. The Bertz CT molecular complexity index is 2630. The zero-order chi connectivity index (χ0) is 34.1. The molecule has 2 heteroatoms. The Morgan fingerprint density at radius 2 is 0.706 bits per heavy atom. The minimum Gasteiger partial charge on any atom is -0.310 e. The molecular formula is C49H36N2. The fourth-order valence-corrected chi connectivity index (χ4v) is 7.21. The van der Waals surface area contributed by atoms with E-state index < -0.39 is 0 Å². The van der Waals surface area contributed by atoms with Gasteiger partial charge in [-0.2, -0.15) is 0 Å². The van der Waals surface area contributed by atoms with Crippen LogP contribution < -0.4 is 9.80 Å². The average Bonchev–Trinajstić information content (AvgIpc) is 3.19. The lowest BCUT2D eigenvalue weighted by Gasteiger charge is -2.29. The van der Waals surface area contributed by atoms with E-state index in [2.05, 4.69) is 217 Å². The summed E-state index contributed by atoms with van der Waals surface area (Å²) in [6, 6.07) is 72.5. The van der Waals surface area contributed by atoms with E-state index in [1.54, 1.807) is 0 Å². The molecule has 2 nitrogen and oxygen atoms in total. The molecule has 51 heavy (non-hydrogen) atoms. The van der Waals surface area contributed by atoms with Crippen LogP contribution in [-0.4, -0.2) is 0 Å². The molecule has 9 aromatic carbocycles. The van der Waals surface area contributed by atoms with Gasteiger partial charge in [0.2, 0.25) is 0 Å². The molecule has 0 amide bonds. The highest BCUT2D eigenvalue weighted by Crippen LogP contribution is 2.42. The van der Waals surface area contributed by atoms with Gasteiger partial charge in [0.1, 0.15) is 0 Å². The number of aryl methyl sites for hydroxylation is 1. The number of rotatable bonds is 7. The van der Waals surface area contributed by atoms with Gasteiger partial charge in [0, 0.05) is 33.8 Å². The van der Waals surface area contributed by atoms with E-state index in [0.717, 1.165) is 34.1 Å². The molecular weight excluding hydrogens is 617 g/mol. The molecule has 0 aliphatic heterocycles. The third-order valence-electron chi connectivity index (χ3n) is 9.87. The molecule has 0 saturated heterocycles. The SMILES string of the molecule is Cc1ccc(-c2ccc(N(c3ccc(N(c4ccc5ccccc5c4)c4cccc5ccccc45)cc3)c3ccc4ccccc4c3)cc2)cc1. The van der Waals surface area contributed by atoms with Gasteiger partial charge in [0.05, 0.1) is 5.69 Å². The summed E-state index contributed by atoms with van der Waals surface area (Å²) < 4.78 is 0. The number of hydrogen-bond acceptors (Lipinski definition) is 2. The van der Waals surface area contributed by atoms with Crippen LogP contribution in [0.15, 0.2) is 200 Å². The van der Waals surface area contributed by atoms with Crippen molar-refractivity contribution in [1.29, 1.82) is 0 Å². The van der Waals surface area contributed by atoms with Crippen molar-refractivity contribution in [3.8, 4) is 11.1 Å². The van der Waals surface area contributed by atoms with E-state index in [9.17, 15) is 0 Å². The summed E-state index contributed by atoms with van der Waals surface area (Å²) in [5.41, 5.74) is 10.4. The van der Waals surface area contributed by atoms with Gasteiger partial charge < -0.3 is 9.80 Å². The molecule has 0 spiro atoms. The Morgan fingerprint density at radius 3 is 1.29 bits per heavy atom. The van der Waals surface area contributed by atoms with Crippen molar-refractivity contribution < 1.29 is 0 Å². The van der Waals surface area contributed by atoms with Gasteiger partial charge in [-0.05, 0) is 112 Å². The van der Waals surface area contributed by atoms with Crippen LogP contribution in [0.4, 0.5) is 34.1 Å². The number of fused-ring (bicyclic) bond motifs is 3. The second-order valence-electron chi connectivity index (χ2n) is 13.2. The van der Waals surface area contributed by atoms with Crippen LogP contribution in [0, 0.1) is 6.92 Å². The molecule has 0 heterocycles. The number of benzene rings is 9. The van der Waals surface area contributed by atoms with Crippen molar-refractivity contribution in [2.45, 2.75) is 6.92 Å². The van der Waals surface area contributed by atoms with Crippen LogP contribution in [0.2, 0.25) is 0 Å². The molecule has 9 aromatic rings. The fourth-order valence-electron chi connectivity index (χ4n) is 7.21. The Labute approximate surface area is 299 Å². The Hall–Kier alpha value is -6.64. The monoisotopic (exact) mass is 652 g/mol. The molecule has 0 aliphatic carbocycles. The minimum absolute atomic E-state index is 1.09. The van der Waals surface area contributed by atoms with E-state index >= 15 is 0 Å². The van der Waals surface area contributed by atoms with Gasteiger partial charge in [0.25, 0.3) is 0 Å². The van der Waals surface area contributed by atoms with Crippen LogP contribution in [0.25, 0.3) is 43.4 Å². The molecule has 9 rings (SSSR count). The average molecular weight is 653 g/mol. The zero-order valence-electron chi connectivity index (χ0n) is 28.4. The third kappa shape index (κ3) is 5.88. The molecule has 0 N–H and O–H groups in total. The summed E-state index contributed by atoms with van der Waals surface area (Å²) in [7, 11) is 0. The van der Waals surface area contributed by atoms with Gasteiger partial charge >= 0.3 is 0 Å². The Morgan fingerprint density at radius 1 is 0.294 bits per heavy atom. The van der Waals surface area contributed by atoms with E-state index in [1.165, 1.54) is 49.0 Å². The van der Waals surface area contributed by atoms with E-state index in [4.69, 9.17) is 0 Å². The van der Waals surface area contributed by atoms with Crippen molar-refractivity contribution in [3.05, 3.63) is 206 Å². The predicted octanol–water partition coefficient (Wildman–Crippen LogP) is 14.1. The van der Waals surface area contributed by atoms with E-state index in [-0.39, 0.29) is 0 Å². The van der Waals surface area contributed by atoms with E-state index in [1.807, 2.05) is 0 Å². The molecule has 242 valence electrons. The van der Waals surface area contributed by atoms with Crippen LogP contribution in [-0.2, 0) is 0 Å². The first kappa shape index (κ1) is 30.4. The van der Waals surface area contributed by atoms with Gasteiger partial charge in [-0.3, -0.25) is 0 Å². The lowest BCUT2D eigenvalue weighted by Crippen LogP contribution is -2.12. The maximum Gasteiger partial charge on any atom is 0.0540 e. The standard InChI is InChI=1S/C49H36N2/c1-35-17-19-38(20-18-35)39-21-25-43(26-22-39)50(46-27-23-36-9-2-4-12-41(36)33-46)44-29-31-45(32-30-44)51(47-28-24-37-10-3-5-13-42(37)34-47)49-16-8-14-40-11-6-7-15-48(40)49/h2-34H,1H3. The van der Waals surface area contributed by atoms with Crippen molar-refractivity contribution in [2.24, 2.45) is 0 Å². The maximum absolute atomic E-state index is 2.38. The second kappa shape index (κ2) is 13.0. The third-order valence-corrected chi connectivity index (χ3v) is 9.87. The highest BCUT2D eigenvalue weighted by molar-refractivity contribution is 6.00. The summed E-state index contributed by atoms with van der Waals surface area (Å²) in [6.07, 6.45) is 0. The molecule has 0 saturated carbocycles. The number of anilines is 6. The molecule has 0 aliphatic rings. The molecule has 0 unspecified atom stereocenters. The summed E-state index contributed by atoms with van der Waals surface area (Å²) >= 11 is 0. The normalized spacial score (nSPS) is 11.2. The Kier molecular flexibility index (Phi) is 7.75. The highest BCUT2D eigenvalue weighted by Gasteiger charge is 2.18. The van der Waals surface area contributed by atoms with Gasteiger partial charge in [-0.1, -0.05) is 139 Å². The smallest absolute Gasteiger partial charge is 0.0540 e. The van der Waals surface area contributed by atoms with Gasteiger partial charge in [0.15, 0.2) is 0 Å².